The van der Waals surface area contributed by atoms with Crippen LogP contribution < -0.4 is 14.4 Å². The lowest BCUT2D eigenvalue weighted by molar-refractivity contribution is 0.0780. The van der Waals surface area contributed by atoms with Gasteiger partial charge >= 0.3 is 0 Å². The number of amides is 1. The molecule has 0 N–H and O–H groups in total. The summed E-state index contributed by atoms with van der Waals surface area (Å²) in [4.78, 5) is 16.9. The van der Waals surface area contributed by atoms with Crippen molar-refractivity contribution < 1.29 is 14.3 Å². The van der Waals surface area contributed by atoms with Crippen molar-refractivity contribution >= 4 is 11.6 Å². The van der Waals surface area contributed by atoms with E-state index in [0.717, 1.165) is 42.6 Å². The van der Waals surface area contributed by atoms with Gasteiger partial charge in [0.2, 0.25) is 0 Å². The van der Waals surface area contributed by atoms with Crippen LogP contribution in [0.4, 0.5) is 5.69 Å². The first-order valence-electron chi connectivity index (χ1n) is 10.4. The minimum absolute atomic E-state index is 0.0750. The SMILES string of the molecule is CCCCCOc1c(OC)ccc2c1CN(CCc1ccc(N(C)C)cc1)C2=O. The van der Waals surface area contributed by atoms with Gasteiger partial charge < -0.3 is 19.3 Å². The minimum atomic E-state index is 0.0750. The number of anilines is 1. The predicted octanol–water partition coefficient (Wildman–Crippen LogP) is 4.53. The van der Waals surface area contributed by atoms with Crippen LogP contribution in [0.25, 0.3) is 0 Å². The zero-order valence-corrected chi connectivity index (χ0v) is 18.0. The van der Waals surface area contributed by atoms with Crippen molar-refractivity contribution in [3.05, 3.63) is 53.1 Å². The van der Waals surface area contributed by atoms with Gasteiger partial charge in [0, 0.05) is 37.5 Å². The largest absolute Gasteiger partial charge is 0.493 e. The van der Waals surface area contributed by atoms with Crippen LogP contribution in [0.5, 0.6) is 11.5 Å². The quantitative estimate of drug-likeness (QED) is 0.554. The van der Waals surface area contributed by atoms with Crippen LogP contribution in [0.1, 0.15) is 47.7 Å². The molecule has 2 aromatic rings. The number of benzene rings is 2. The molecule has 5 nitrogen and oxygen atoms in total. The van der Waals surface area contributed by atoms with Crippen LogP contribution in [-0.4, -0.2) is 45.2 Å². The molecule has 3 rings (SSSR count). The summed E-state index contributed by atoms with van der Waals surface area (Å²) in [7, 11) is 5.71. The van der Waals surface area contributed by atoms with Gasteiger partial charge in [0.25, 0.3) is 5.91 Å². The molecule has 2 aromatic carbocycles. The summed E-state index contributed by atoms with van der Waals surface area (Å²) in [5.41, 5.74) is 4.09. The van der Waals surface area contributed by atoms with Crippen LogP contribution in [0.15, 0.2) is 36.4 Å². The van der Waals surface area contributed by atoms with Gasteiger partial charge in [-0.15, -0.1) is 0 Å². The van der Waals surface area contributed by atoms with Gasteiger partial charge in [0.05, 0.1) is 20.3 Å². The number of carbonyl (C=O) groups is 1. The topological polar surface area (TPSA) is 42.0 Å². The standard InChI is InChI=1S/C24H32N2O3/c1-5-6-7-16-29-23-21-17-26(24(27)20(21)12-13-22(23)28-4)15-14-18-8-10-19(11-9-18)25(2)3/h8-13H,5-7,14-17H2,1-4H3. The molecular formula is C24H32N2O3. The van der Waals surface area contributed by atoms with E-state index >= 15 is 0 Å². The first kappa shape index (κ1) is 21.0. The molecule has 0 fully saturated rings. The maximum absolute atomic E-state index is 12.9. The van der Waals surface area contributed by atoms with Gasteiger partial charge in [0.1, 0.15) is 0 Å². The Morgan fingerprint density at radius 2 is 1.83 bits per heavy atom. The second-order valence-corrected chi connectivity index (χ2v) is 7.72. The fourth-order valence-corrected chi connectivity index (χ4v) is 3.65. The van der Waals surface area contributed by atoms with E-state index in [4.69, 9.17) is 9.47 Å². The summed E-state index contributed by atoms with van der Waals surface area (Å²) in [5, 5.41) is 0. The summed E-state index contributed by atoms with van der Waals surface area (Å²) in [6.07, 6.45) is 4.12. The molecule has 156 valence electrons. The monoisotopic (exact) mass is 396 g/mol. The Kier molecular flexibility index (Phi) is 7.02. The van der Waals surface area contributed by atoms with Crippen LogP contribution in [0.2, 0.25) is 0 Å². The molecule has 0 saturated heterocycles. The first-order chi connectivity index (χ1) is 14.0. The molecule has 0 aliphatic carbocycles. The minimum Gasteiger partial charge on any atom is -0.493 e. The summed E-state index contributed by atoms with van der Waals surface area (Å²) in [6.45, 7) is 4.08. The highest BCUT2D eigenvalue weighted by Crippen LogP contribution is 2.38. The number of nitrogens with zero attached hydrogens (tertiary/aromatic N) is 2. The highest BCUT2D eigenvalue weighted by Gasteiger charge is 2.31. The average molecular weight is 397 g/mol. The van der Waals surface area contributed by atoms with E-state index in [0.29, 0.717) is 25.4 Å². The molecule has 0 atom stereocenters. The zero-order valence-electron chi connectivity index (χ0n) is 18.0. The van der Waals surface area contributed by atoms with E-state index in [1.165, 1.54) is 11.3 Å². The molecule has 0 saturated carbocycles. The Balaban J connectivity index is 1.69. The van der Waals surface area contributed by atoms with Gasteiger partial charge in [-0.05, 0) is 42.7 Å². The molecule has 0 unspecified atom stereocenters. The van der Waals surface area contributed by atoms with Gasteiger partial charge in [0.15, 0.2) is 11.5 Å². The summed E-state index contributed by atoms with van der Waals surface area (Å²) < 4.78 is 11.6. The molecule has 0 radical (unpaired) electrons. The normalized spacial score (nSPS) is 12.8. The molecule has 5 heteroatoms. The highest BCUT2D eigenvalue weighted by molar-refractivity contribution is 5.99. The summed E-state index contributed by atoms with van der Waals surface area (Å²) in [6, 6.07) is 12.2. The van der Waals surface area contributed by atoms with Gasteiger partial charge in [-0.1, -0.05) is 31.9 Å². The third kappa shape index (κ3) is 4.84. The number of methoxy groups -OCH3 is 1. The van der Waals surface area contributed by atoms with E-state index in [1.807, 2.05) is 31.1 Å². The zero-order chi connectivity index (χ0) is 20.8. The Morgan fingerprint density at radius 3 is 2.48 bits per heavy atom. The third-order valence-corrected chi connectivity index (χ3v) is 5.43. The van der Waals surface area contributed by atoms with Crippen molar-refractivity contribution in [1.29, 1.82) is 0 Å². The lowest BCUT2D eigenvalue weighted by Gasteiger charge is -2.17. The predicted molar refractivity (Wildman–Crippen MR) is 117 cm³/mol. The number of carbonyl (C=O) groups excluding carboxylic acids is 1. The van der Waals surface area contributed by atoms with E-state index in [1.54, 1.807) is 7.11 Å². The van der Waals surface area contributed by atoms with E-state index < -0.39 is 0 Å². The van der Waals surface area contributed by atoms with Gasteiger partial charge in [-0.3, -0.25) is 4.79 Å². The first-order valence-corrected chi connectivity index (χ1v) is 10.4. The molecule has 0 spiro atoms. The van der Waals surface area contributed by atoms with Crippen LogP contribution in [0.3, 0.4) is 0 Å². The number of fused-ring (bicyclic) bond motifs is 1. The van der Waals surface area contributed by atoms with Crippen LogP contribution >= 0.6 is 0 Å². The fraction of sp³-hybridized carbons (Fsp3) is 0.458. The third-order valence-electron chi connectivity index (χ3n) is 5.43. The molecule has 0 bridgehead atoms. The van der Waals surface area contributed by atoms with Crippen LogP contribution in [-0.2, 0) is 13.0 Å². The lowest BCUT2D eigenvalue weighted by Crippen LogP contribution is -2.26. The van der Waals surface area contributed by atoms with E-state index in [-0.39, 0.29) is 5.91 Å². The summed E-state index contributed by atoms with van der Waals surface area (Å²) in [5.74, 6) is 1.51. The van der Waals surface area contributed by atoms with Crippen molar-refractivity contribution in [2.24, 2.45) is 0 Å². The second-order valence-electron chi connectivity index (χ2n) is 7.72. The second kappa shape index (κ2) is 9.68. The number of rotatable bonds is 10. The Bertz CT molecular complexity index is 831. The average Bonchev–Trinajstić information content (AvgIpc) is 3.05. The fourth-order valence-electron chi connectivity index (χ4n) is 3.65. The molecular weight excluding hydrogens is 364 g/mol. The Labute approximate surface area is 174 Å². The van der Waals surface area contributed by atoms with E-state index in [9.17, 15) is 4.79 Å². The van der Waals surface area contributed by atoms with Gasteiger partial charge in [-0.25, -0.2) is 0 Å². The number of hydrogen-bond acceptors (Lipinski definition) is 4. The Morgan fingerprint density at radius 1 is 1.07 bits per heavy atom. The van der Waals surface area contributed by atoms with Crippen LogP contribution in [0, 0.1) is 0 Å². The smallest absolute Gasteiger partial charge is 0.254 e. The number of unbranched alkanes of at least 4 members (excludes halogenated alkanes) is 2. The molecule has 1 heterocycles. The van der Waals surface area contributed by atoms with E-state index in [2.05, 4.69) is 36.1 Å². The number of ether oxygens (including phenoxy) is 2. The van der Waals surface area contributed by atoms with Crippen molar-refractivity contribution in [1.82, 2.24) is 4.90 Å². The van der Waals surface area contributed by atoms with Crippen molar-refractivity contribution in [2.45, 2.75) is 39.2 Å². The molecule has 1 aliphatic rings. The molecule has 1 amide bonds. The number of hydrogen-bond donors (Lipinski definition) is 0. The van der Waals surface area contributed by atoms with Crippen molar-refractivity contribution in [3.63, 3.8) is 0 Å². The lowest BCUT2D eigenvalue weighted by atomic mass is 10.1. The highest BCUT2D eigenvalue weighted by atomic mass is 16.5. The van der Waals surface area contributed by atoms with Crippen molar-refractivity contribution in [2.75, 3.05) is 39.3 Å². The molecule has 29 heavy (non-hydrogen) atoms. The Hall–Kier alpha value is -2.69. The maximum atomic E-state index is 12.9. The molecule has 0 aromatic heterocycles. The van der Waals surface area contributed by atoms with Gasteiger partial charge in [-0.2, -0.15) is 0 Å². The maximum Gasteiger partial charge on any atom is 0.254 e. The van der Waals surface area contributed by atoms with Crippen molar-refractivity contribution in [3.8, 4) is 11.5 Å². The summed E-state index contributed by atoms with van der Waals surface area (Å²) >= 11 is 0. The molecule has 1 aliphatic heterocycles.